The maximum atomic E-state index is 12.1. The molecule has 1 unspecified atom stereocenters. The molecule has 4 nitrogen and oxygen atoms in total. The van der Waals surface area contributed by atoms with Crippen LogP contribution in [0.4, 0.5) is 0 Å². The summed E-state index contributed by atoms with van der Waals surface area (Å²) < 4.78 is 8.70. The molecule has 1 N–H and O–H groups in total. The van der Waals surface area contributed by atoms with E-state index >= 15 is 0 Å². The van der Waals surface area contributed by atoms with E-state index in [1.165, 1.54) is 21.4 Å². The number of hydrogen-bond acceptors (Lipinski definition) is 3. The van der Waals surface area contributed by atoms with Crippen molar-refractivity contribution in [3.05, 3.63) is 94.1 Å². The minimum Gasteiger partial charge on any atom is -0.493 e. The minimum atomic E-state index is -0.888. The molecule has 0 amide bonds. The smallest absolute Gasteiger partial charge is 0.309 e. The fourth-order valence-electron chi connectivity index (χ4n) is 5.23. The van der Waals surface area contributed by atoms with E-state index in [9.17, 15) is 9.90 Å². The third kappa shape index (κ3) is 5.60. The molecule has 0 aliphatic carbocycles. The van der Waals surface area contributed by atoms with Gasteiger partial charge in [-0.1, -0.05) is 61.0 Å². The maximum absolute atomic E-state index is 12.1. The number of carboxylic acid groups (broad SMARTS) is 1. The van der Waals surface area contributed by atoms with Crippen molar-refractivity contribution in [2.75, 3.05) is 6.61 Å². The second-order valence-electron chi connectivity index (χ2n) is 10.9. The molecular weight excluding hydrogens is 514 g/mol. The summed E-state index contributed by atoms with van der Waals surface area (Å²) in [4.78, 5) is 13.3. The molecular formula is C32H34ClNO3S. The molecule has 4 aromatic rings. The number of carbonyl (C=O) groups is 1. The minimum absolute atomic E-state index is 0.373. The lowest BCUT2D eigenvalue weighted by Gasteiger charge is -2.24. The van der Waals surface area contributed by atoms with Gasteiger partial charge in [0.05, 0.1) is 17.5 Å². The molecule has 6 heteroatoms. The van der Waals surface area contributed by atoms with Crippen molar-refractivity contribution < 1.29 is 14.6 Å². The van der Waals surface area contributed by atoms with Crippen LogP contribution in [0.3, 0.4) is 0 Å². The molecule has 0 saturated heterocycles. The van der Waals surface area contributed by atoms with Crippen LogP contribution in [0.15, 0.2) is 71.6 Å². The van der Waals surface area contributed by atoms with Crippen LogP contribution in [0, 0.1) is 5.41 Å². The first-order chi connectivity index (χ1) is 18.2. The monoisotopic (exact) mass is 547 g/mol. The van der Waals surface area contributed by atoms with Gasteiger partial charge in [-0.05, 0) is 68.5 Å². The Bertz CT molecular complexity index is 1440. The molecule has 198 valence electrons. The van der Waals surface area contributed by atoms with E-state index in [0.29, 0.717) is 29.8 Å². The van der Waals surface area contributed by atoms with Gasteiger partial charge in [0.25, 0.3) is 0 Å². The van der Waals surface area contributed by atoms with Crippen LogP contribution in [0.25, 0.3) is 10.9 Å². The molecule has 1 aromatic heterocycles. The topological polar surface area (TPSA) is 51.5 Å². The molecule has 0 fully saturated rings. The second kappa shape index (κ2) is 11.1. The molecule has 1 atom stereocenters. The molecule has 5 rings (SSSR count). The first-order valence-corrected chi connectivity index (χ1v) is 14.5. The number of aryl methyl sites for hydroxylation is 1. The Kier molecular flexibility index (Phi) is 7.78. The summed E-state index contributed by atoms with van der Waals surface area (Å²) in [5.74, 6) is 0.163. The Morgan fingerprint density at radius 3 is 2.53 bits per heavy atom. The summed E-state index contributed by atoms with van der Waals surface area (Å²) in [7, 11) is 0. The molecule has 1 aliphatic heterocycles. The highest BCUT2D eigenvalue weighted by atomic mass is 35.5. The van der Waals surface area contributed by atoms with Crippen molar-refractivity contribution >= 4 is 40.2 Å². The normalized spacial score (nSPS) is 15.1. The number of ether oxygens (including phenoxy) is 1. The predicted molar refractivity (Wildman–Crippen MR) is 157 cm³/mol. The van der Waals surface area contributed by atoms with Gasteiger partial charge in [0.2, 0.25) is 0 Å². The average molecular weight is 548 g/mol. The molecule has 1 aliphatic rings. The quantitative estimate of drug-likeness (QED) is 0.204. The first-order valence-electron chi connectivity index (χ1n) is 13.2. The van der Waals surface area contributed by atoms with E-state index < -0.39 is 11.4 Å². The van der Waals surface area contributed by atoms with Crippen LogP contribution in [0.1, 0.15) is 49.6 Å². The molecule has 38 heavy (non-hydrogen) atoms. The van der Waals surface area contributed by atoms with E-state index in [0.717, 1.165) is 41.8 Å². The number of aromatic nitrogens is 1. The van der Waals surface area contributed by atoms with Gasteiger partial charge in [0.1, 0.15) is 5.75 Å². The zero-order chi connectivity index (χ0) is 26.9. The zero-order valence-corrected chi connectivity index (χ0v) is 23.7. The number of halogens is 1. The zero-order valence-electron chi connectivity index (χ0n) is 22.2. The Balaban J connectivity index is 1.53. The summed E-state index contributed by atoms with van der Waals surface area (Å²) >= 11 is 8.01. The van der Waals surface area contributed by atoms with Crippen LogP contribution in [0.2, 0.25) is 5.02 Å². The molecule has 3 aromatic carbocycles. The van der Waals surface area contributed by atoms with Crippen molar-refractivity contribution in [2.24, 2.45) is 5.41 Å². The lowest BCUT2D eigenvalue weighted by molar-refractivity contribution is -0.146. The van der Waals surface area contributed by atoms with E-state index in [1.807, 2.05) is 55.9 Å². The van der Waals surface area contributed by atoms with Gasteiger partial charge >= 0.3 is 5.97 Å². The fourth-order valence-corrected chi connectivity index (χ4v) is 6.67. The highest BCUT2D eigenvalue weighted by Gasteiger charge is 2.34. The largest absolute Gasteiger partial charge is 0.493 e. The van der Waals surface area contributed by atoms with Crippen molar-refractivity contribution in [3.63, 3.8) is 0 Å². The number of aliphatic carboxylic acids is 1. The average Bonchev–Trinajstić information content (AvgIpc) is 3.17. The standard InChI is InChI=1S/C32H34ClNO3S/c1-21-18-25-28(37-17-7-10-22-8-5-4-6-9-22)16-15-26-29(25)30(38-21)27(19-32(2,3)31(35)36)34(26)20-23-11-13-24(33)14-12-23/h4-6,8-9,11-16,21H,7,10,17-20H2,1-3H3,(H,35,36). The lowest BCUT2D eigenvalue weighted by Crippen LogP contribution is -2.28. The van der Waals surface area contributed by atoms with Gasteiger partial charge in [0, 0.05) is 44.8 Å². The Hall–Kier alpha value is -2.89. The van der Waals surface area contributed by atoms with Gasteiger partial charge in [-0.3, -0.25) is 4.79 Å². The number of rotatable bonds is 10. The van der Waals surface area contributed by atoms with Crippen LogP contribution >= 0.6 is 23.4 Å². The van der Waals surface area contributed by atoms with Crippen LogP contribution < -0.4 is 4.74 Å². The van der Waals surface area contributed by atoms with Gasteiger partial charge in [-0.15, -0.1) is 11.8 Å². The number of carboxylic acids is 1. The number of nitrogens with zero attached hydrogens (tertiary/aromatic N) is 1. The Morgan fingerprint density at radius 2 is 1.82 bits per heavy atom. The molecule has 2 heterocycles. The van der Waals surface area contributed by atoms with Gasteiger partial charge in [0.15, 0.2) is 0 Å². The van der Waals surface area contributed by atoms with Crippen LogP contribution in [0.5, 0.6) is 5.75 Å². The lowest BCUT2D eigenvalue weighted by atomic mass is 9.87. The predicted octanol–water partition coefficient (Wildman–Crippen LogP) is 8.04. The first kappa shape index (κ1) is 26.7. The van der Waals surface area contributed by atoms with Gasteiger partial charge in [-0.2, -0.15) is 0 Å². The Morgan fingerprint density at radius 1 is 1.08 bits per heavy atom. The number of benzene rings is 3. The highest BCUT2D eigenvalue weighted by molar-refractivity contribution is 8.00. The molecule has 0 saturated carbocycles. The van der Waals surface area contributed by atoms with Gasteiger partial charge in [-0.25, -0.2) is 0 Å². The number of thioether (sulfide) groups is 1. The Labute approximate surface area is 234 Å². The van der Waals surface area contributed by atoms with E-state index in [-0.39, 0.29) is 0 Å². The molecule has 0 radical (unpaired) electrons. The third-order valence-electron chi connectivity index (χ3n) is 7.32. The van der Waals surface area contributed by atoms with Crippen LogP contribution in [-0.2, 0) is 30.6 Å². The second-order valence-corrected chi connectivity index (χ2v) is 12.7. The van der Waals surface area contributed by atoms with E-state index in [2.05, 4.69) is 47.9 Å². The van der Waals surface area contributed by atoms with Crippen molar-refractivity contribution in [1.82, 2.24) is 4.57 Å². The third-order valence-corrected chi connectivity index (χ3v) is 8.81. The van der Waals surface area contributed by atoms with Crippen molar-refractivity contribution in [3.8, 4) is 5.75 Å². The van der Waals surface area contributed by atoms with Crippen LogP contribution in [-0.4, -0.2) is 27.5 Å². The summed E-state index contributed by atoms with van der Waals surface area (Å²) in [6.07, 6.45) is 3.32. The van der Waals surface area contributed by atoms with Gasteiger partial charge < -0.3 is 14.4 Å². The van der Waals surface area contributed by atoms with E-state index in [1.54, 1.807) is 0 Å². The fraction of sp³-hybridized carbons (Fsp3) is 0.344. The SMILES string of the molecule is CC1Cc2c(OCCCc3ccccc3)ccc3c2c(c(CC(C)(C)C(=O)O)n3Cc2ccc(Cl)cc2)S1. The summed E-state index contributed by atoms with van der Waals surface area (Å²) in [5, 5.41) is 12.3. The summed E-state index contributed by atoms with van der Waals surface area (Å²) in [5.41, 5.74) is 5.03. The highest BCUT2D eigenvalue weighted by Crippen LogP contribution is 2.48. The van der Waals surface area contributed by atoms with Crippen molar-refractivity contribution in [1.29, 1.82) is 0 Å². The van der Waals surface area contributed by atoms with E-state index in [4.69, 9.17) is 16.3 Å². The van der Waals surface area contributed by atoms with Crippen molar-refractivity contribution in [2.45, 2.75) is 63.1 Å². The summed E-state index contributed by atoms with van der Waals surface area (Å²) in [6.45, 7) is 7.18. The maximum Gasteiger partial charge on any atom is 0.309 e. The summed E-state index contributed by atoms with van der Waals surface area (Å²) in [6, 6.07) is 22.7. The number of hydrogen-bond donors (Lipinski definition) is 1. The molecule has 0 bridgehead atoms. The molecule has 0 spiro atoms.